The molecule has 0 aliphatic carbocycles. The standard InChI is InChI=1S/C48H65F2N7O10S.C3H3F3O/c1-48(2,3)46(40-27-35(37-28-36(49)11-12-38(37)50)30-55(40)29-34-9-6-5-7-10-34)56(19-8-16-51)45(62)33-68-32-39(54-41(58)15-20-65-23-24-67-26-25-66-22-21-64-4)47(63)53-18-17-52-42(59)31-57-43(60)13-14-44(57)61;1-2(7)3(4,5)6/h5-7,9-14,27-28,30,39,46H,8,15-26,29,31-33,51H2,1-4H3,(H,52,59)(H,53,63)(H,54,58);1H3. The molecule has 4 rings (SSSR count). The van der Waals surface area contributed by atoms with E-state index in [4.69, 9.17) is 24.7 Å². The van der Waals surface area contributed by atoms with Gasteiger partial charge in [-0.2, -0.15) is 13.2 Å². The Hall–Kier alpha value is -6.05. The fraction of sp³-hybridized carbons (Fsp3) is 0.510. The molecule has 414 valence electrons. The maximum atomic E-state index is 15.3. The van der Waals surface area contributed by atoms with Crippen molar-refractivity contribution in [2.24, 2.45) is 11.1 Å². The average molecular weight is 1080 g/mol. The summed E-state index contributed by atoms with van der Waals surface area (Å²) in [6.07, 6.45) is -0.339. The van der Waals surface area contributed by atoms with Gasteiger partial charge in [-0.05, 0) is 48.2 Å². The van der Waals surface area contributed by atoms with Crippen LogP contribution in [0.2, 0.25) is 0 Å². The molecule has 2 heterocycles. The van der Waals surface area contributed by atoms with E-state index in [9.17, 15) is 51.1 Å². The van der Waals surface area contributed by atoms with Crippen molar-refractivity contribution in [3.63, 3.8) is 0 Å². The van der Waals surface area contributed by atoms with Crippen LogP contribution >= 0.6 is 11.8 Å². The first-order chi connectivity index (χ1) is 35.6. The fourth-order valence-electron chi connectivity index (χ4n) is 7.21. The molecule has 1 aliphatic rings. The van der Waals surface area contributed by atoms with E-state index in [0.29, 0.717) is 64.1 Å². The van der Waals surface area contributed by atoms with E-state index < -0.39 is 77.2 Å². The highest BCUT2D eigenvalue weighted by molar-refractivity contribution is 8.00. The van der Waals surface area contributed by atoms with Crippen molar-refractivity contribution in [3.05, 3.63) is 95.8 Å². The maximum absolute atomic E-state index is 15.3. The first-order valence-electron chi connectivity index (χ1n) is 24.0. The molecule has 6 amide bonds. The molecular weight excluding hydrogens is 1010 g/mol. The van der Waals surface area contributed by atoms with Gasteiger partial charge < -0.3 is 50.1 Å². The zero-order valence-electron chi connectivity index (χ0n) is 42.8. The lowest BCUT2D eigenvalue weighted by molar-refractivity contribution is -0.168. The summed E-state index contributed by atoms with van der Waals surface area (Å²) in [4.78, 5) is 89.2. The van der Waals surface area contributed by atoms with Crippen LogP contribution in [0.4, 0.5) is 22.0 Å². The number of ether oxygens (including phenoxy) is 4. The van der Waals surface area contributed by atoms with Crippen LogP contribution in [0.15, 0.2) is 72.9 Å². The number of benzene rings is 2. The molecule has 0 saturated heterocycles. The first-order valence-corrected chi connectivity index (χ1v) is 25.2. The van der Waals surface area contributed by atoms with Crippen molar-refractivity contribution in [1.82, 2.24) is 30.3 Å². The van der Waals surface area contributed by atoms with Gasteiger partial charge in [0.2, 0.25) is 29.4 Å². The number of Topliss-reactive ketones (excluding diaryl/α,β-unsaturated/α-hetero) is 1. The van der Waals surface area contributed by atoms with Crippen molar-refractivity contribution in [2.75, 3.05) is 97.6 Å². The van der Waals surface area contributed by atoms with Gasteiger partial charge in [0, 0.05) is 87.6 Å². The topological polar surface area (TPSA) is 230 Å². The second-order valence-corrected chi connectivity index (χ2v) is 18.9. The number of nitrogens with two attached hydrogens (primary N) is 1. The van der Waals surface area contributed by atoms with Gasteiger partial charge >= 0.3 is 6.18 Å². The molecule has 2 atom stereocenters. The number of alkyl halides is 3. The SMILES string of the molecule is CC(=O)C(F)(F)F.COCCOCCOCCOCCC(=O)NC(CSCC(=O)N(CCCN)C(c1cc(-c2cc(F)ccc2F)cn1Cc1ccccc1)C(C)(C)C)C(=O)NCCNC(=O)CN1C(=O)C=CC1=O. The molecule has 1 aromatic heterocycles. The summed E-state index contributed by atoms with van der Waals surface area (Å²) in [6, 6.07) is 13.0. The third-order valence-corrected chi connectivity index (χ3v) is 11.9. The van der Waals surface area contributed by atoms with Crippen LogP contribution in [0.25, 0.3) is 11.1 Å². The van der Waals surface area contributed by atoms with E-state index in [1.54, 1.807) is 24.3 Å². The number of thioether (sulfide) groups is 1. The number of ketones is 1. The van der Waals surface area contributed by atoms with Gasteiger partial charge in [0.15, 0.2) is 0 Å². The smallest absolute Gasteiger partial charge is 0.382 e. The predicted molar refractivity (Wildman–Crippen MR) is 270 cm³/mol. The van der Waals surface area contributed by atoms with Crippen molar-refractivity contribution in [1.29, 1.82) is 0 Å². The van der Waals surface area contributed by atoms with Crippen molar-refractivity contribution < 1.29 is 74.5 Å². The Labute approximate surface area is 437 Å². The summed E-state index contributed by atoms with van der Waals surface area (Å²) < 4.78 is 85.5. The van der Waals surface area contributed by atoms with Crippen LogP contribution in [-0.2, 0) is 59.1 Å². The van der Waals surface area contributed by atoms with Gasteiger partial charge in [-0.15, -0.1) is 11.8 Å². The molecule has 75 heavy (non-hydrogen) atoms. The number of aromatic nitrogens is 1. The summed E-state index contributed by atoms with van der Waals surface area (Å²) in [5.74, 6) is -6.20. The highest BCUT2D eigenvalue weighted by Crippen LogP contribution is 2.41. The molecule has 5 N–H and O–H groups in total. The van der Waals surface area contributed by atoms with Crippen molar-refractivity contribution in [3.8, 4) is 11.1 Å². The molecular formula is C51H68F5N7O11S. The predicted octanol–water partition coefficient (Wildman–Crippen LogP) is 4.35. The minimum atomic E-state index is -4.64. The van der Waals surface area contributed by atoms with Crippen LogP contribution < -0.4 is 21.7 Å². The third-order valence-electron chi connectivity index (χ3n) is 10.9. The van der Waals surface area contributed by atoms with Gasteiger partial charge in [-0.25, -0.2) is 8.78 Å². The summed E-state index contributed by atoms with van der Waals surface area (Å²) in [6.45, 7) is 9.11. The Morgan fingerprint density at radius 3 is 2.00 bits per heavy atom. The Morgan fingerprint density at radius 1 is 0.813 bits per heavy atom. The van der Waals surface area contributed by atoms with Gasteiger partial charge in [0.1, 0.15) is 24.2 Å². The van der Waals surface area contributed by atoms with Crippen LogP contribution in [0.5, 0.6) is 0 Å². The number of methoxy groups -OCH3 is 1. The number of hydrogen-bond acceptors (Lipinski definition) is 13. The Bertz CT molecular complexity index is 2350. The molecule has 0 bridgehead atoms. The summed E-state index contributed by atoms with van der Waals surface area (Å²) in [5.41, 5.74) is 7.59. The van der Waals surface area contributed by atoms with E-state index in [1.807, 2.05) is 55.7 Å². The van der Waals surface area contributed by atoms with E-state index in [1.165, 1.54) is 0 Å². The molecule has 3 aromatic rings. The number of amides is 6. The molecule has 0 saturated carbocycles. The maximum Gasteiger partial charge on any atom is 0.449 e. The summed E-state index contributed by atoms with van der Waals surface area (Å²) >= 11 is 1.14. The van der Waals surface area contributed by atoms with E-state index in [-0.39, 0.29) is 68.9 Å². The lowest BCUT2D eigenvalue weighted by atomic mass is 9.83. The Balaban J connectivity index is 0.00000197. The minimum Gasteiger partial charge on any atom is -0.382 e. The van der Waals surface area contributed by atoms with Crippen molar-refractivity contribution >= 4 is 53.0 Å². The number of carbonyl (C=O) groups is 7. The van der Waals surface area contributed by atoms with Gasteiger partial charge in [-0.1, -0.05) is 51.1 Å². The largest absolute Gasteiger partial charge is 0.449 e. The van der Waals surface area contributed by atoms with Gasteiger partial charge in [0.25, 0.3) is 11.8 Å². The summed E-state index contributed by atoms with van der Waals surface area (Å²) in [7, 11) is 1.59. The molecule has 2 aromatic carbocycles. The number of carbonyl (C=O) groups excluding carboxylic acids is 7. The summed E-state index contributed by atoms with van der Waals surface area (Å²) in [5, 5.41) is 7.99. The fourth-order valence-corrected chi connectivity index (χ4v) is 8.14. The van der Waals surface area contributed by atoms with Gasteiger partial charge in [0.05, 0.1) is 58.0 Å². The third kappa shape index (κ3) is 22.8. The minimum absolute atomic E-state index is 0.0126. The molecule has 18 nitrogen and oxygen atoms in total. The highest BCUT2D eigenvalue weighted by atomic mass is 32.2. The molecule has 0 radical (unpaired) electrons. The van der Waals surface area contributed by atoms with E-state index in [0.717, 1.165) is 52.6 Å². The molecule has 0 fully saturated rings. The number of halogens is 5. The number of nitrogens with one attached hydrogen (secondary N) is 3. The second-order valence-electron chi connectivity index (χ2n) is 17.9. The van der Waals surface area contributed by atoms with Crippen LogP contribution in [-0.4, -0.2) is 165 Å². The molecule has 2 unspecified atom stereocenters. The normalized spacial score (nSPS) is 13.2. The van der Waals surface area contributed by atoms with Crippen LogP contribution in [0.3, 0.4) is 0 Å². The Kier molecular flexibility index (Phi) is 27.3. The number of rotatable bonds is 31. The van der Waals surface area contributed by atoms with E-state index >= 15 is 4.39 Å². The number of imide groups is 1. The van der Waals surface area contributed by atoms with Gasteiger partial charge in [-0.3, -0.25) is 38.5 Å². The number of hydrogen-bond donors (Lipinski definition) is 4. The quantitative estimate of drug-likeness (QED) is 0.0400. The van der Waals surface area contributed by atoms with Crippen molar-refractivity contribution in [2.45, 2.75) is 65.3 Å². The average Bonchev–Trinajstić information content (AvgIpc) is 3.90. The lowest BCUT2D eigenvalue weighted by Crippen LogP contribution is -2.50. The lowest BCUT2D eigenvalue weighted by Gasteiger charge is -2.41. The van der Waals surface area contributed by atoms with Crippen LogP contribution in [0.1, 0.15) is 57.8 Å². The molecule has 1 aliphatic heterocycles. The van der Waals surface area contributed by atoms with Crippen LogP contribution in [0, 0.1) is 17.0 Å². The molecule has 24 heteroatoms. The van der Waals surface area contributed by atoms with E-state index in [2.05, 4.69) is 16.0 Å². The monoisotopic (exact) mass is 1080 g/mol. The molecule has 0 spiro atoms. The zero-order valence-corrected chi connectivity index (χ0v) is 43.6. The zero-order chi connectivity index (χ0) is 55.6. The number of nitrogens with zero attached hydrogens (tertiary/aromatic N) is 3. The Morgan fingerprint density at radius 2 is 1.41 bits per heavy atom. The first kappa shape index (κ1) is 63.2. The second kappa shape index (κ2) is 32.4. The highest BCUT2D eigenvalue weighted by Gasteiger charge is 2.38.